The number of benzene rings is 1. The van der Waals surface area contributed by atoms with Crippen molar-refractivity contribution in [2.45, 2.75) is 26.2 Å². The number of piperidine rings is 1. The smallest absolute Gasteiger partial charge is 0.185 e. The average molecular weight is 309 g/mol. The van der Waals surface area contributed by atoms with E-state index in [2.05, 4.69) is 22.1 Å². The lowest BCUT2D eigenvalue weighted by Gasteiger charge is -2.28. The van der Waals surface area contributed by atoms with Crippen LogP contribution in [-0.2, 0) is 7.05 Å². The first kappa shape index (κ1) is 15.5. The third kappa shape index (κ3) is 3.70. The summed E-state index contributed by atoms with van der Waals surface area (Å²) in [6.07, 6.45) is 7.20. The molecule has 0 saturated carbocycles. The molecule has 0 aliphatic carbocycles. The third-order valence-electron chi connectivity index (χ3n) is 4.41. The maximum absolute atomic E-state index is 12.3. The quantitative estimate of drug-likeness (QED) is 0.639. The number of carbonyl (C=O) groups excluding carboxylic acids is 1. The van der Waals surface area contributed by atoms with Crippen molar-refractivity contribution in [1.82, 2.24) is 9.78 Å². The fourth-order valence-corrected chi connectivity index (χ4v) is 2.92. The molecule has 2 aromatic rings. The van der Waals surface area contributed by atoms with Gasteiger partial charge < -0.3 is 4.90 Å². The molecule has 0 bridgehead atoms. The number of aromatic nitrogens is 2. The number of nitrogens with zero attached hydrogens (tertiary/aromatic N) is 3. The number of anilines is 1. The van der Waals surface area contributed by atoms with Gasteiger partial charge in [0.2, 0.25) is 0 Å². The summed E-state index contributed by atoms with van der Waals surface area (Å²) in [7, 11) is 1.90. The highest BCUT2D eigenvalue weighted by atomic mass is 16.1. The van der Waals surface area contributed by atoms with Crippen LogP contribution < -0.4 is 4.90 Å². The summed E-state index contributed by atoms with van der Waals surface area (Å²) in [6, 6.07) is 9.90. The van der Waals surface area contributed by atoms with E-state index in [1.165, 1.54) is 24.9 Å². The van der Waals surface area contributed by atoms with E-state index in [1.807, 2.05) is 32.2 Å². The van der Waals surface area contributed by atoms with Crippen molar-refractivity contribution in [1.29, 1.82) is 0 Å². The van der Waals surface area contributed by atoms with Gasteiger partial charge in [-0.3, -0.25) is 9.48 Å². The van der Waals surface area contributed by atoms with Gasteiger partial charge in [-0.1, -0.05) is 0 Å². The van der Waals surface area contributed by atoms with Crippen molar-refractivity contribution in [3.63, 3.8) is 0 Å². The Morgan fingerprint density at radius 3 is 2.43 bits per heavy atom. The van der Waals surface area contributed by atoms with Crippen LogP contribution in [0, 0.1) is 6.92 Å². The van der Waals surface area contributed by atoms with Crippen LogP contribution in [0.5, 0.6) is 0 Å². The largest absolute Gasteiger partial charge is 0.372 e. The van der Waals surface area contributed by atoms with Crippen LogP contribution in [0.2, 0.25) is 0 Å². The summed E-state index contributed by atoms with van der Waals surface area (Å²) < 4.78 is 1.80. The molecule has 4 heteroatoms. The van der Waals surface area contributed by atoms with E-state index in [0.29, 0.717) is 0 Å². The zero-order valence-corrected chi connectivity index (χ0v) is 13.8. The van der Waals surface area contributed by atoms with Gasteiger partial charge in [0.25, 0.3) is 0 Å². The molecule has 0 radical (unpaired) electrons. The highest BCUT2D eigenvalue weighted by Gasteiger charge is 2.11. The summed E-state index contributed by atoms with van der Waals surface area (Å²) in [6.45, 7) is 4.23. The molecule has 0 spiro atoms. The Kier molecular flexibility index (Phi) is 4.60. The molecule has 120 valence electrons. The molecule has 3 rings (SSSR count). The molecule has 2 heterocycles. The second-order valence-electron chi connectivity index (χ2n) is 6.13. The predicted octanol–water partition coefficient (Wildman–Crippen LogP) is 3.61. The Morgan fingerprint density at radius 1 is 1.13 bits per heavy atom. The van der Waals surface area contributed by atoms with Crippen LogP contribution >= 0.6 is 0 Å². The molecule has 1 aromatic carbocycles. The molecule has 0 atom stereocenters. The van der Waals surface area contributed by atoms with E-state index in [1.54, 1.807) is 16.8 Å². The first-order valence-corrected chi connectivity index (χ1v) is 8.21. The zero-order chi connectivity index (χ0) is 16.2. The Balaban J connectivity index is 1.67. The normalized spacial score (nSPS) is 15.3. The van der Waals surface area contributed by atoms with Gasteiger partial charge in [-0.25, -0.2) is 0 Å². The molecule has 1 saturated heterocycles. The van der Waals surface area contributed by atoms with Gasteiger partial charge in [-0.15, -0.1) is 0 Å². The number of carbonyl (C=O) groups is 1. The summed E-state index contributed by atoms with van der Waals surface area (Å²) in [5.41, 5.74) is 3.81. The number of allylic oxidation sites excluding steroid dienone is 1. The molecule has 1 aliphatic rings. The van der Waals surface area contributed by atoms with Crippen molar-refractivity contribution in [3.8, 4) is 0 Å². The molecule has 0 amide bonds. The summed E-state index contributed by atoms with van der Waals surface area (Å²) in [5, 5.41) is 4.32. The van der Waals surface area contributed by atoms with Gasteiger partial charge in [-0.2, -0.15) is 5.10 Å². The number of hydrogen-bond donors (Lipinski definition) is 0. The Bertz CT molecular complexity index is 687. The highest BCUT2D eigenvalue weighted by molar-refractivity contribution is 6.06. The first-order chi connectivity index (χ1) is 11.1. The topological polar surface area (TPSA) is 38.1 Å². The van der Waals surface area contributed by atoms with Gasteiger partial charge >= 0.3 is 0 Å². The third-order valence-corrected chi connectivity index (χ3v) is 4.41. The molecule has 1 aromatic heterocycles. The Labute approximate surface area is 137 Å². The van der Waals surface area contributed by atoms with Crippen LogP contribution in [0.4, 0.5) is 5.69 Å². The first-order valence-electron chi connectivity index (χ1n) is 8.21. The maximum Gasteiger partial charge on any atom is 0.185 e. The van der Waals surface area contributed by atoms with Gasteiger partial charge in [0.05, 0.1) is 5.69 Å². The second-order valence-corrected chi connectivity index (χ2v) is 6.13. The monoisotopic (exact) mass is 309 g/mol. The molecule has 1 aliphatic heterocycles. The van der Waals surface area contributed by atoms with Crippen LogP contribution in [-0.4, -0.2) is 28.7 Å². The maximum atomic E-state index is 12.3. The van der Waals surface area contributed by atoms with E-state index in [-0.39, 0.29) is 5.78 Å². The molecule has 0 unspecified atom stereocenters. The van der Waals surface area contributed by atoms with Crippen molar-refractivity contribution in [2.75, 3.05) is 18.0 Å². The number of hydrogen-bond acceptors (Lipinski definition) is 3. The Morgan fingerprint density at radius 2 is 1.83 bits per heavy atom. The molecule has 23 heavy (non-hydrogen) atoms. The number of ketones is 1. The minimum Gasteiger partial charge on any atom is -0.372 e. The number of rotatable bonds is 4. The molecular formula is C19H23N3O. The van der Waals surface area contributed by atoms with Crippen LogP contribution in [0.25, 0.3) is 6.08 Å². The standard InChI is InChI=1S/C19H23N3O/c1-15-14-17(20-21(15)2)8-11-19(23)16-6-9-18(10-7-16)22-12-4-3-5-13-22/h6-11,14H,3-5,12-13H2,1-2H3/b11-8+. The van der Waals surface area contributed by atoms with Crippen LogP contribution in [0.3, 0.4) is 0 Å². The van der Waals surface area contributed by atoms with E-state index < -0.39 is 0 Å². The SMILES string of the molecule is Cc1cc(/C=C/C(=O)c2ccc(N3CCCCC3)cc2)nn1C. The minimum absolute atomic E-state index is 0.0125. The lowest BCUT2D eigenvalue weighted by Crippen LogP contribution is -2.29. The highest BCUT2D eigenvalue weighted by Crippen LogP contribution is 2.20. The molecule has 1 fully saturated rings. The molecular weight excluding hydrogens is 286 g/mol. The van der Waals surface area contributed by atoms with E-state index >= 15 is 0 Å². The van der Waals surface area contributed by atoms with Gasteiger partial charge in [0.15, 0.2) is 5.78 Å². The van der Waals surface area contributed by atoms with Crippen molar-refractivity contribution >= 4 is 17.5 Å². The average Bonchev–Trinajstić information content (AvgIpc) is 2.92. The predicted molar refractivity (Wildman–Crippen MR) is 93.8 cm³/mol. The second kappa shape index (κ2) is 6.82. The van der Waals surface area contributed by atoms with Crippen molar-refractivity contribution in [2.24, 2.45) is 7.05 Å². The van der Waals surface area contributed by atoms with Crippen LogP contribution in [0.1, 0.15) is 41.0 Å². The van der Waals surface area contributed by atoms with Crippen LogP contribution in [0.15, 0.2) is 36.4 Å². The Hall–Kier alpha value is -2.36. The zero-order valence-electron chi connectivity index (χ0n) is 13.8. The lowest BCUT2D eigenvalue weighted by molar-refractivity contribution is 0.104. The van der Waals surface area contributed by atoms with Gasteiger partial charge in [0, 0.05) is 37.1 Å². The lowest BCUT2D eigenvalue weighted by atomic mass is 10.1. The van der Waals surface area contributed by atoms with Gasteiger partial charge in [-0.05, 0) is 68.7 Å². The van der Waals surface area contributed by atoms with E-state index in [0.717, 1.165) is 30.0 Å². The number of aryl methyl sites for hydroxylation is 2. The van der Waals surface area contributed by atoms with E-state index in [9.17, 15) is 4.79 Å². The minimum atomic E-state index is 0.0125. The fourth-order valence-electron chi connectivity index (χ4n) is 2.92. The van der Waals surface area contributed by atoms with Gasteiger partial charge in [0.1, 0.15) is 0 Å². The fraction of sp³-hybridized carbons (Fsp3) is 0.368. The molecule has 0 N–H and O–H groups in total. The molecule has 4 nitrogen and oxygen atoms in total. The van der Waals surface area contributed by atoms with Crippen molar-refractivity contribution in [3.05, 3.63) is 53.4 Å². The van der Waals surface area contributed by atoms with E-state index in [4.69, 9.17) is 0 Å². The summed E-state index contributed by atoms with van der Waals surface area (Å²) >= 11 is 0. The summed E-state index contributed by atoms with van der Waals surface area (Å²) in [4.78, 5) is 14.7. The van der Waals surface area contributed by atoms with Crippen molar-refractivity contribution < 1.29 is 4.79 Å². The summed E-state index contributed by atoms with van der Waals surface area (Å²) in [5.74, 6) is 0.0125.